The quantitative estimate of drug-likeness (QED) is 0.874. The summed E-state index contributed by atoms with van der Waals surface area (Å²) in [7, 11) is 2.07. The second-order valence-electron chi connectivity index (χ2n) is 5.43. The molecule has 2 unspecified atom stereocenters. The average molecular weight is 263 g/mol. The molecule has 2 rings (SSSR count). The maximum Gasteiger partial charge on any atom is 0.303 e. The van der Waals surface area contributed by atoms with E-state index >= 15 is 0 Å². The maximum atomic E-state index is 10.7. The summed E-state index contributed by atoms with van der Waals surface area (Å²) in [5.74, 6) is -1.15. The summed E-state index contributed by atoms with van der Waals surface area (Å²) >= 11 is 0. The number of hydrogen-bond acceptors (Lipinski definition) is 3. The molecule has 0 aromatic heterocycles. The molecule has 0 saturated carbocycles. The lowest BCUT2D eigenvalue weighted by atomic mass is 9.91. The number of anilines is 1. The number of aliphatic carboxylic acids is 1. The van der Waals surface area contributed by atoms with E-state index in [9.17, 15) is 9.90 Å². The lowest BCUT2D eigenvalue weighted by Gasteiger charge is -2.29. The molecule has 1 aliphatic heterocycles. The van der Waals surface area contributed by atoms with Crippen molar-refractivity contribution in [3.63, 3.8) is 0 Å². The highest BCUT2D eigenvalue weighted by Gasteiger charge is 2.21. The maximum absolute atomic E-state index is 10.7. The topological polar surface area (TPSA) is 60.8 Å². The second kappa shape index (κ2) is 5.61. The van der Waals surface area contributed by atoms with Gasteiger partial charge in [0.25, 0.3) is 0 Å². The van der Waals surface area contributed by atoms with Gasteiger partial charge in [-0.1, -0.05) is 19.1 Å². The monoisotopic (exact) mass is 263 g/mol. The fraction of sp³-hybridized carbons (Fsp3) is 0.533. The first-order valence-electron chi connectivity index (χ1n) is 6.73. The first-order valence-corrected chi connectivity index (χ1v) is 6.73. The van der Waals surface area contributed by atoms with Gasteiger partial charge in [-0.05, 0) is 36.0 Å². The molecule has 0 saturated heterocycles. The zero-order valence-corrected chi connectivity index (χ0v) is 11.5. The predicted octanol–water partition coefficient (Wildman–Crippen LogP) is 2.21. The predicted molar refractivity (Wildman–Crippen MR) is 74.4 cm³/mol. The van der Waals surface area contributed by atoms with Crippen LogP contribution in [0.2, 0.25) is 0 Å². The van der Waals surface area contributed by atoms with Crippen LogP contribution in [0.4, 0.5) is 5.69 Å². The Balaban J connectivity index is 2.19. The van der Waals surface area contributed by atoms with Crippen LogP contribution < -0.4 is 4.90 Å². The summed E-state index contributed by atoms with van der Waals surface area (Å²) in [6.45, 7) is 2.83. The highest BCUT2D eigenvalue weighted by atomic mass is 16.4. The molecule has 0 fully saturated rings. The van der Waals surface area contributed by atoms with Gasteiger partial charge in [0.2, 0.25) is 0 Å². The van der Waals surface area contributed by atoms with E-state index in [2.05, 4.69) is 11.9 Å². The minimum Gasteiger partial charge on any atom is -0.481 e. The highest BCUT2D eigenvalue weighted by molar-refractivity contribution is 5.67. The molecule has 4 heteroatoms. The molecule has 1 aromatic rings. The molecule has 1 aliphatic rings. The molecule has 2 atom stereocenters. The number of carboxylic acids is 1. The Morgan fingerprint density at radius 2 is 2.21 bits per heavy atom. The Labute approximate surface area is 113 Å². The van der Waals surface area contributed by atoms with Gasteiger partial charge in [-0.15, -0.1) is 0 Å². The van der Waals surface area contributed by atoms with Gasteiger partial charge in [0, 0.05) is 19.3 Å². The smallest absolute Gasteiger partial charge is 0.303 e. The van der Waals surface area contributed by atoms with Crippen LogP contribution in [0.15, 0.2) is 18.2 Å². The van der Waals surface area contributed by atoms with Crippen molar-refractivity contribution in [2.24, 2.45) is 5.92 Å². The van der Waals surface area contributed by atoms with E-state index in [-0.39, 0.29) is 12.3 Å². The molecular weight excluding hydrogens is 242 g/mol. The molecule has 1 aromatic carbocycles. The Hall–Kier alpha value is -1.55. The van der Waals surface area contributed by atoms with Crippen LogP contribution in [0.25, 0.3) is 0 Å². The van der Waals surface area contributed by atoms with Crippen LogP contribution in [0, 0.1) is 5.92 Å². The SMILES string of the molecule is CC(CC(=O)O)C(O)c1ccc2c(c1)CCCN2C. The van der Waals surface area contributed by atoms with Crippen LogP contribution in [-0.4, -0.2) is 29.8 Å². The number of fused-ring (bicyclic) bond motifs is 1. The van der Waals surface area contributed by atoms with Gasteiger partial charge in [0.05, 0.1) is 12.5 Å². The minimum atomic E-state index is -0.871. The van der Waals surface area contributed by atoms with Crippen LogP contribution in [0.1, 0.15) is 37.0 Å². The van der Waals surface area contributed by atoms with Gasteiger partial charge in [-0.25, -0.2) is 0 Å². The average Bonchev–Trinajstić information content (AvgIpc) is 2.37. The summed E-state index contributed by atoms with van der Waals surface area (Å²) in [5.41, 5.74) is 3.28. The fourth-order valence-electron chi connectivity index (χ4n) is 2.70. The van der Waals surface area contributed by atoms with Gasteiger partial charge in [0.1, 0.15) is 0 Å². The van der Waals surface area contributed by atoms with Gasteiger partial charge in [-0.3, -0.25) is 4.79 Å². The lowest BCUT2D eigenvalue weighted by Crippen LogP contribution is -2.25. The van der Waals surface area contributed by atoms with E-state index in [1.54, 1.807) is 6.92 Å². The molecule has 4 nitrogen and oxygen atoms in total. The molecule has 19 heavy (non-hydrogen) atoms. The molecule has 104 valence electrons. The summed E-state index contributed by atoms with van der Waals surface area (Å²) in [5, 5.41) is 19.0. The number of benzene rings is 1. The highest BCUT2D eigenvalue weighted by Crippen LogP contribution is 2.31. The Kier molecular flexibility index (Phi) is 4.10. The van der Waals surface area contributed by atoms with Crippen molar-refractivity contribution in [3.05, 3.63) is 29.3 Å². The molecular formula is C15H21NO3. The summed E-state index contributed by atoms with van der Waals surface area (Å²) in [6.07, 6.45) is 1.41. The van der Waals surface area contributed by atoms with Crippen molar-refractivity contribution >= 4 is 11.7 Å². The van der Waals surface area contributed by atoms with Crippen molar-refractivity contribution in [2.75, 3.05) is 18.5 Å². The lowest BCUT2D eigenvalue weighted by molar-refractivity contribution is -0.139. The van der Waals surface area contributed by atoms with Crippen molar-refractivity contribution in [2.45, 2.75) is 32.3 Å². The zero-order chi connectivity index (χ0) is 14.0. The number of aliphatic hydroxyl groups excluding tert-OH is 1. The standard InChI is InChI=1S/C15H21NO3/c1-10(8-14(17)18)15(19)12-5-6-13-11(9-12)4-3-7-16(13)2/h5-6,9-10,15,19H,3-4,7-8H2,1-2H3,(H,17,18). The number of aryl methyl sites for hydroxylation is 1. The van der Waals surface area contributed by atoms with E-state index in [4.69, 9.17) is 5.11 Å². The van der Waals surface area contributed by atoms with E-state index in [1.165, 1.54) is 11.3 Å². The third kappa shape index (κ3) is 3.07. The van der Waals surface area contributed by atoms with Crippen molar-refractivity contribution in [3.8, 4) is 0 Å². The molecule has 0 bridgehead atoms. The molecule has 0 spiro atoms. The number of rotatable bonds is 4. The van der Waals surface area contributed by atoms with Gasteiger partial charge >= 0.3 is 5.97 Å². The van der Waals surface area contributed by atoms with E-state index < -0.39 is 12.1 Å². The Morgan fingerprint density at radius 1 is 1.47 bits per heavy atom. The fourth-order valence-corrected chi connectivity index (χ4v) is 2.70. The summed E-state index contributed by atoms with van der Waals surface area (Å²) in [4.78, 5) is 12.9. The summed E-state index contributed by atoms with van der Waals surface area (Å²) < 4.78 is 0. The van der Waals surface area contributed by atoms with Crippen molar-refractivity contribution in [1.29, 1.82) is 0 Å². The minimum absolute atomic E-state index is 0.0157. The zero-order valence-electron chi connectivity index (χ0n) is 11.5. The molecule has 0 radical (unpaired) electrons. The Bertz CT molecular complexity index is 472. The van der Waals surface area contributed by atoms with Gasteiger partial charge in [-0.2, -0.15) is 0 Å². The van der Waals surface area contributed by atoms with Crippen LogP contribution in [0.3, 0.4) is 0 Å². The van der Waals surface area contributed by atoms with Crippen molar-refractivity contribution < 1.29 is 15.0 Å². The first-order chi connectivity index (χ1) is 8.99. The molecule has 0 amide bonds. The number of carboxylic acid groups (broad SMARTS) is 1. The number of nitrogens with zero attached hydrogens (tertiary/aromatic N) is 1. The Morgan fingerprint density at radius 3 is 2.89 bits per heavy atom. The van der Waals surface area contributed by atoms with E-state index in [0.717, 1.165) is 24.9 Å². The largest absolute Gasteiger partial charge is 0.481 e. The number of aliphatic hydroxyl groups is 1. The van der Waals surface area contributed by atoms with E-state index in [1.807, 2.05) is 18.2 Å². The second-order valence-corrected chi connectivity index (χ2v) is 5.43. The molecule has 2 N–H and O–H groups in total. The molecule has 0 aliphatic carbocycles. The van der Waals surface area contributed by atoms with Crippen LogP contribution >= 0.6 is 0 Å². The van der Waals surface area contributed by atoms with Gasteiger partial charge < -0.3 is 15.1 Å². The molecule has 1 heterocycles. The first kappa shape index (κ1) is 13.9. The van der Waals surface area contributed by atoms with Crippen LogP contribution in [-0.2, 0) is 11.2 Å². The van der Waals surface area contributed by atoms with Crippen molar-refractivity contribution in [1.82, 2.24) is 0 Å². The third-order valence-corrected chi connectivity index (χ3v) is 3.83. The number of carbonyl (C=O) groups is 1. The van der Waals surface area contributed by atoms with Gasteiger partial charge in [0.15, 0.2) is 0 Å². The summed E-state index contributed by atoms with van der Waals surface area (Å²) in [6, 6.07) is 5.96. The third-order valence-electron chi connectivity index (χ3n) is 3.83. The number of hydrogen-bond donors (Lipinski definition) is 2. The van der Waals surface area contributed by atoms with Crippen LogP contribution in [0.5, 0.6) is 0 Å². The normalized spacial score (nSPS) is 17.7. The van der Waals surface area contributed by atoms with E-state index in [0.29, 0.717) is 0 Å².